The van der Waals surface area contributed by atoms with Crippen molar-refractivity contribution in [3.63, 3.8) is 0 Å². The van der Waals surface area contributed by atoms with E-state index in [4.69, 9.17) is 14.0 Å². The van der Waals surface area contributed by atoms with Crippen LogP contribution in [-0.2, 0) is 9.31 Å². The number of hydrogen-bond donors (Lipinski definition) is 0. The summed E-state index contributed by atoms with van der Waals surface area (Å²) in [5.74, 6) is 0.330. The van der Waals surface area contributed by atoms with E-state index < -0.39 is 24.0 Å². The molecule has 6 heteroatoms. The molecule has 1 aliphatic rings. The highest BCUT2D eigenvalue weighted by Gasteiger charge is 2.53. The van der Waals surface area contributed by atoms with Crippen LogP contribution in [0.3, 0.4) is 0 Å². The Labute approximate surface area is 165 Å². The summed E-state index contributed by atoms with van der Waals surface area (Å²) in [5.41, 5.74) is -0.853. The van der Waals surface area contributed by atoms with Gasteiger partial charge in [0.2, 0.25) is 0 Å². The average Bonchev–Trinajstić information content (AvgIpc) is 2.88. The van der Waals surface area contributed by atoms with E-state index in [1.54, 1.807) is 12.1 Å². The molecule has 3 nitrogen and oxygen atoms in total. The van der Waals surface area contributed by atoms with Crippen LogP contribution in [0, 0.1) is 5.82 Å². The average molecular weight is 386 g/mol. The summed E-state index contributed by atoms with van der Waals surface area (Å²) in [5, 5.41) is 0. The molecule has 0 spiro atoms. The maximum absolute atomic E-state index is 15.5. The zero-order valence-electron chi connectivity index (χ0n) is 16.7. The van der Waals surface area contributed by atoms with Crippen LogP contribution >= 0.6 is 0 Å². The standard InChI is InChI=1S/C22H25BF2O3/c1-21(2)22(3,4)28-23(27-21)20(25)19(16-10-12-17(24)13-11-16)14-15-26-18-8-6-5-7-9-18/h5-13H,14-15H2,1-4H3. The molecule has 148 valence electrons. The van der Waals surface area contributed by atoms with Gasteiger partial charge in [-0.1, -0.05) is 30.3 Å². The number of para-hydroxylation sites is 1. The highest BCUT2D eigenvalue weighted by molar-refractivity contribution is 6.55. The Morgan fingerprint density at radius 3 is 2.07 bits per heavy atom. The van der Waals surface area contributed by atoms with E-state index in [1.165, 1.54) is 12.1 Å². The Kier molecular flexibility index (Phi) is 5.91. The fourth-order valence-electron chi connectivity index (χ4n) is 2.93. The maximum Gasteiger partial charge on any atom is 0.525 e. The van der Waals surface area contributed by atoms with Gasteiger partial charge in [0.1, 0.15) is 17.3 Å². The van der Waals surface area contributed by atoms with Gasteiger partial charge in [0.15, 0.2) is 0 Å². The highest BCUT2D eigenvalue weighted by Crippen LogP contribution is 2.40. The van der Waals surface area contributed by atoms with Gasteiger partial charge in [-0.3, -0.25) is 0 Å². The molecular weight excluding hydrogens is 361 g/mol. The molecule has 3 rings (SSSR count). The molecule has 0 radical (unpaired) electrons. The van der Waals surface area contributed by atoms with Crippen molar-refractivity contribution < 1.29 is 22.8 Å². The molecule has 1 fully saturated rings. The van der Waals surface area contributed by atoms with Crippen LogP contribution in [0.15, 0.2) is 60.3 Å². The molecule has 0 aliphatic carbocycles. The van der Waals surface area contributed by atoms with Crippen LogP contribution in [0.25, 0.3) is 5.57 Å². The van der Waals surface area contributed by atoms with Gasteiger partial charge in [-0.25, -0.2) is 8.78 Å². The first-order valence-corrected chi connectivity index (χ1v) is 9.37. The summed E-state index contributed by atoms with van der Waals surface area (Å²) >= 11 is 0. The molecule has 1 heterocycles. The minimum Gasteiger partial charge on any atom is -0.493 e. The molecule has 28 heavy (non-hydrogen) atoms. The highest BCUT2D eigenvalue weighted by atomic mass is 19.1. The number of rotatable bonds is 6. The molecule has 0 saturated carbocycles. The van der Waals surface area contributed by atoms with Gasteiger partial charge in [0.05, 0.1) is 17.8 Å². The topological polar surface area (TPSA) is 27.7 Å². The predicted molar refractivity (Wildman–Crippen MR) is 107 cm³/mol. The third-order valence-corrected chi connectivity index (χ3v) is 5.31. The summed E-state index contributed by atoms with van der Waals surface area (Å²) < 4.78 is 46.2. The van der Waals surface area contributed by atoms with Gasteiger partial charge in [-0.15, -0.1) is 0 Å². The van der Waals surface area contributed by atoms with Crippen LogP contribution < -0.4 is 4.74 Å². The number of halogens is 2. The predicted octanol–water partition coefficient (Wildman–Crippen LogP) is 5.61. The number of benzene rings is 2. The molecule has 1 aliphatic heterocycles. The van der Waals surface area contributed by atoms with Crippen molar-refractivity contribution in [1.82, 2.24) is 0 Å². The quantitative estimate of drug-likeness (QED) is 0.605. The molecule has 0 N–H and O–H groups in total. The zero-order valence-corrected chi connectivity index (χ0v) is 16.7. The van der Waals surface area contributed by atoms with Gasteiger partial charge in [-0.2, -0.15) is 0 Å². The van der Waals surface area contributed by atoms with Crippen molar-refractivity contribution in [3.8, 4) is 5.75 Å². The Hall–Kier alpha value is -2.18. The molecule has 2 aromatic rings. The fraction of sp³-hybridized carbons (Fsp3) is 0.364. The van der Waals surface area contributed by atoms with Crippen molar-refractivity contribution in [2.75, 3.05) is 6.61 Å². The van der Waals surface area contributed by atoms with Crippen LogP contribution in [0.1, 0.15) is 39.7 Å². The van der Waals surface area contributed by atoms with Gasteiger partial charge in [0.25, 0.3) is 0 Å². The van der Waals surface area contributed by atoms with Crippen LogP contribution in [0.2, 0.25) is 0 Å². The van der Waals surface area contributed by atoms with Gasteiger partial charge >= 0.3 is 7.12 Å². The fourth-order valence-corrected chi connectivity index (χ4v) is 2.93. The minimum absolute atomic E-state index is 0.268. The van der Waals surface area contributed by atoms with Gasteiger partial charge in [0, 0.05) is 6.42 Å². The van der Waals surface area contributed by atoms with E-state index in [0.29, 0.717) is 16.9 Å². The van der Waals surface area contributed by atoms with Crippen molar-refractivity contribution in [2.24, 2.45) is 0 Å². The largest absolute Gasteiger partial charge is 0.525 e. The van der Waals surface area contributed by atoms with Crippen LogP contribution in [0.5, 0.6) is 5.75 Å². The molecular formula is C22H25BF2O3. The van der Waals surface area contributed by atoms with E-state index >= 15 is 4.39 Å². The molecule has 0 unspecified atom stereocenters. The van der Waals surface area contributed by atoms with Crippen LogP contribution in [-0.4, -0.2) is 24.9 Å². The van der Waals surface area contributed by atoms with E-state index in [0.717, 1.165) is 0 Å². The smallest absolute Gasteiger partial charge is 0.493 e. The Morgan fingerprint density at radius 1 is 0.929 bits per heavy atom. The molecule has 1 saturated heterocycles. The second-order valence-electron chi connectivity index (χ2n) is 7.83. The second-order valence-corrected chi connectivity index (χ2v) is 7.83. The lowest BCUT2D eigenvalue weighted by atomic mass is 9.82. The van der Waals surface area contributed by atoms with E-state index in [2.05, 4.69) is 0 Å². The Balaban J connectivity index is 1.85. The molecule has 0 aromatic heterocycles. The normalized spacial score (nSPS) is 18.7. The Morgan fingerprint density at radius 2 is 1.50 bits per heavy atom. The minimum atomic E-state index is -1.11. The number of ether oxygens (including phenoxy) is 1. The first-order valence-electron chi connectivity index (χ1n) is 9.37. The summed E-state index contributed by atoms with van der Waals surface area (Å²) in [6, 6.07) is 15.0. The third-order valence-electron chi connectivity index (χ3n) is 5.31. The second kappa shape index (κ2) is 8.06. The third kappa shape index (κ3) is 4.45. The first kappa shape index (κ1) is 20.6. The summed E-state index contributed by atoms with van der Waals surface area (Å²) in [6.45, 7) is 7.75. The van der Waals surface area contributed by atoms with E-state index in [-0.39, 0.29) is 18.8 Å². The zero-order chi connectivity index (χ0) is 20.4. The molecule has 2 aromatic carbocycles. The van der Waals surface area contributed by atoms with E-state index in [1.807, 2.05) is 58.0 Å². The first-order chi connectivity index (χ1) is 13.2. The SMILES string of the molecule is CC1(C)OB(C(F)=C(CCOc2ccccc2)c2ccc(F)cc2)OC1(C)C. The van der Waals surface area contributed by atoms with Crippen molar-refractivity contribution in [1.29, 1.82) is 0 Å². The molecule has 0 amide bonds. The summed E-state index contributed by atoms with van der Waals surface area (Å²) in [4.78, 5) is 0. The van der Waals surface area contributed by atoms with Crippen molar-refractivity contribution in [2.45, 2.75) is 45.3 Å². The lowest BCUT2D eigenvalue weighted by molar-refractivity contribution is 0.00578. The van der Waals surface area contributed by atoms with Crippen molar-refractivity contribution in [3.05, 3.63) is 71.7 Å². The van der Waals surface area contributed by atoms with E-state index in [9.17, 15) is 4.39 Å². The lowest BCUT2D eigenvalue weighted by Gasteiger charge is -2.32. The molecule has 0 atom stereocenters. The lowest BCUT2D eigenvalue weighted by Crippen LogP contribution is -2.41. The van der Waals surface area contributed by atoms with Crippen molar-refractivity contribution >= 4 is 12.7 Å². The van der Waals surface area contributed by atoms with Gasteiger partial charge in [-0.05, 0) is 63.1 Å². The maximum atomic E-state index is 15.5. The van der Waals surface area contributed by atoms with Crippen LogP contribution in [0.4, 0.5) is 8.78 Å². The summed E-state index contributed by atoms with van der Waals surface area (Å²) in [7, 11) is -1.11. The monoisotopic (exact) mass is 386 g/mol. The summed E-state index contributed by atoms with van der Waals surface area (Å²) in [6.07, 6.45) is 0.288. The van der Waals surface area contributed by atoms with Gasteiger partial charge < -0.3 is 14.0 Å². The molecule has 0 bridgehead atoms. The number of hydrogen-bond acceptors (Lipinski definition) is 3. The Bertz CT molecular complexity index is 817.